The van der Waals surface area contributed by atoms with Crippen molar-refractivity contribution in [3.63, 3.8) is 0 Å². The molecule has 17 heavy (non-hydrogen) atoms. The highest BCUT2D eigenvalue weighted by Gasteiger charge is 2.12. The van der Waals surface area contributed by atoms with Gasteiger partial charge in [-0.1, -0.05) is 11.6 Å². The lowest BCUT2D eigenvalue weighted by Crippen LogP contribution is -2.29. The first kappa shape index (κ1) is 12.0. The maximum atomic E-state index is 11.6. The van der Waals surface area contributed by atoms with Gasteiger partial charge in [0.2, 0.25) is 5.91 Å². The van der Waals surface area contributed by atoms with Crippen LogP contribution in [0.1, 0.15) is 17.8 Å². The van der Waals surface area contributed by atoms with E-state index in [-0.39, 0.29) is 18.5 Å². The van der Waals surface area contributed by atoms with Gasteiger partial charge in [0.25, 0.3) is 0 Å². The van der Waals surface area contributed by atoms with Crippen molar-refractivity contribution in [2.45, 2.75) is 19.5 Å². The molecule has 8 heteroatoms. The Morgan fingerprint density at radius 3 is 3.06 bits per heavy atom. The van der Waals surface area contributed by atoms with Gasteiger partial charge in [-0.2, -0.15) is 0 Å². The third-order valence-electron chi connectivity index (χ3n) is 2.10. The summed E-state index contributed by atoms with van der Waals surface area (Å²) in [5, 5.41) is 13.4. The summed E-state index contributed by atoms with van der Waals surface area (Å²) in [5.74, 6) is -0.144. The second-order valence-corrected chi connectivity index (χ2v) is 5.19. The molecule has 0 aliphatic carbocycles. The Morgan fingerprint density at radius 2 is 2.47 bits per heavy atom. The SMILES string of the molecule is C[C@H](NC(=O)Cn1cnnn1)c1ccc(Cl)s1. The smallest absolute Gasteiger partial charge is 0.242 e. The molecule has 6 nitrogen and oxygen atoms in total. The Hall–Kier alpha value is -1.47. The summed E-state index contributed by atoms with van der Waals surface area (Å²) < 4.78 is 2.07. The predicted octanol–water partition coefficient (Wildman–Crippen LogP) is 1.27. The molecule has 0 unspecified atom stereocenters. The van der Waals surface area contributed by atoms with Crippen LogP contribution in [-0.2, 0) is 11.3 Å². The number of thiophene rings is 1. The van der Waals surface area contributed by atoms with Gasteiger partial charge >= 0.3 is 0 Å². The quantitative estimate of drug-likeness (QED) is 0.909. The molecule has 0 saturated heterocycles. The number of amides is 1. The molecular weight excluding hydrogens is 262 g/mol. The molecule has 0 aromatic carbocycles. The van der Waals surface area contributed by atoms with Gasteiger partial charge in [0.1, 0.15) is 12.9 Å². The summed E-state index contributed by atoms with van der Waals surface area (Å²) in [6.07, 6.45) is 1.40. The molecule has 1 atom stereocenters. The van der Waals surface area contributed by atoms with Gasteiger partial charge in [0.15, 0.2) is 0 Å². The van der Waals surface area contributed by atoms with E-state index < -0.39 is 0 Å². The molecule has 0 spiro atoms. The standard InChI is InChI=1S/C9H10ClN5OS/c1-6(7-2-3-8(10)17-7)12-9(16)4-15-5-11-13-14-15/h2-3,5-6H,4H2,1H3,(H,12,16)/t6-/m0/s1. The normalized spacial score (nSPS) is 12.4. The van der Waals surface area contributed by atoms with E-state index in [1.807, 2.05) is 19.1 Å². The van der Waals surface area contributed by atoms with Gasteiger partial charge in [-0.3, -0.25) is 4.79 Å². The summed E-state index contributed by atoms with van der Waals surface area (Å²) >= 11 is 7.28. The summed E-state index contributed by atoms with van der Waals surface area (Å²) in [5.41, 5.74) is 0. The number of aromatic nitrogens is 4. The fraction of sp³-hybridized carbons (Fsp3) is 0.333. The van der Waals surface area contributed by atoms with Crippen molar-refractivity contribution in [3.05, 3.63) is 27.7 Å². The average Bonchev–Trinajstić information content (AvgIpc) is 2.89. The molecule has 1 N–H and O–H groups in total. The molecule has 1 amide bonds. The Morgan fingerprint density at radius 1 is 1.65 bits per heavy atom. The second kappa shape index (κ2) is 5.24. The molecular formula is C9H10ClN5OS. The molecule has 0 saturated carbocycles. The van der Waals surface area contributed by atoms with Crippen molar-refractivity contribution < 1.29 is 4.79 Å². The fourth-order valence-electron chi connectivity index (χ4n) is 1.32. The van der Waals surface area contributed by atoms with Crippen LogP contribution in [0.15, 0.2) is 18.5 Å². The first-order valence-corrected chi connectivity index (χ1v) is 6.10. The van der Waals surface area contributed by atoms with Crippen LogP contribution in [-0.4, -0.2) is 26.1 Å². The lowest BCUT2D eigenvalue weighted by Gasteiger charge is -2.11. The Balaban J connectivity index is 1.90. The lowest BCUT2D eigenvalue weighted by molar-refractivity contribution is -0.122. The van der Waals surface area contributed by atoms with Gasteiger partial charge in [-0.05, 0) is 29.5 Å². The second-order valence-electron chi connectivity index (χ2n) is 3.44. The number of hydrogen-bond donors (Lipinski definition) is 1. The summed E-state index contributed by atoms with van der Waals surface area (Å²) in [6.45, 7) is 2.01. The zero-order valence-electron chi connectivity index (χ0n) is 9.00. The fourth-order valence-corrected chi connectivity index (χ4v) is 2.38. The Kier molecular flexibility index (Phi) is 3.70. The molecule has 2 heterocycles. The average molecular weight is 272 g/mol. The van der Waals surface area contributed by atoms with E-state index in [2.05, 4.69) is 20.8 Å². The van der Waals surface area contributed by atoms with Gasteiger partial charge < -0.3 is 5.32 Å². The highest BCUT2D eigenvalue weighted by atomic mass is 35.5. The van der Waals surface area contributed by atoms with Crippen LogP contribution in [0.5, 0.6) is 0 Å². The van der Waals surface area contributed by atoms with E-state index in [4.69, 9.17) is 11.6 Å². The largest absolute Gasteiger partial charge is 0.347 e. The molecule has 2 rings (SSSR count). The number of nitrogens with zero attached hydrogens (tertiary/aromatic N) is 4. The number of tetrazole rings is 1. The topological polar surface area (TPSA) is 72.7 Å². The minimum atomic E-state index is -0.144. The number of carbonyl (C=O) groups is 1. The molecule has 0 fully saturated rings. The lowest BCUT2D eigenvalue weighted by atomic mass is 10.3. The minimum absolute atomic E-state index is 0.0727. The van der Waals surface area contributed by atoms with Crippen molar-refractivity contribution >= 4 is 28.8 Å². The van der Waals surface area contributed by atoms with Gasteiger partial charge in [0.05, 0.1) is 10.4 Å². The van der Waals surface area contributed by atoms with Crippen LogP contribution in [0.4, 0.5) is 0 Å². The van der Waals surface area contributed by atoms with Crippen molar-refractivity contribution in [1.82, 2.24) is 25.5 Å². The van der Waals surface area contributed by atoms with E-state index in [9.17, 15) is 4.79 Å². The Bertz CT molecular complexity index is 497. The molecule has 0 bridgehead atoms. The predicted molar refractivity (Wildman–Crippen MR) is 63.7 cm³/mol. The maximum Gasteiger partial charge on any atom is 0.242 e. The summed E-state index contributed by atoms with van der Waals surface area (Å²) in [7, 11) is 0. The zero-order valence-corrected chi connectivity index (χ0v) is 10.6. The van der Waals surface area contributed by atoms with Crippen molar-refractivity contribution in [2.75, 3.05) is 0 Å². The molecule has 90 valence electrons. The van der Waals surface area contributed by atoms with Crippen LogP contribution >= 0.6 is 22.9 Å². The number of carbonyl (C=O) groups excluding carboxylic acids is 1. The van der Waals surface area contributed by atoms with Crippen molar-refractivity contribution in [2.24, 2.45) is 0 Å². The highest BCUT2D eigenvalue weighted by molar-refractivity contribution is 7.16. The molecule has 0 aliphatic heterocycles. The first-order chi connectivity index (χ1) is 8.15. The van der Waals surface area contributed by atoms with Crippen LogP contribution in [0.25, 0.3) is 0 Å². The van der Waals surface area contributed by atoms with Crippen LogP contribution in [0.3, 0.4) is 0 Å². The third-order valence-corrected chi connectivity index (χ3v) is 3.51. The monoisotopic (exact) mass is 271 g/mol. The minimum Gasteiger partial charge on any atom is -0.347 e. The van der Waals surface area contributed by atoms with E-state index in [0.29, 0.717) is 4.34 Å². The number of nitrogens with one attached hydrogen (secondary N) is 1. The summed E-state index contributed by atoms with van der Waals surface area (Å²) in [6, 6.07) is 3.64. The molecule has 0 aliphatic rings. The van der Waals surface area contributed by atoms with E-state index in [1.165, 1.54) is 22.3 Å². The molecule has 0 radical (unpaired) electrons. The van der Waals surface area contributed by atoms with Gasteiger partial charge in [-0.15, -0.1) is 16.4 Å². The zero-order chi connectivity index (χ0) is 12.3. The van der Waals surface area contributed by atoms with Crippen LogP contribution in [0.2, 0.25) is 4.34 Å². The van der Waals surface area contributed by atoms with E-state index in [1.54, 1.807) is 0 Å². The first-order valence-electron chi connectivity index (χ1n) is 4.90. The van der Waals surface area contributed by atoms with Crippen LogP contribution < -0.4 is 5.32 Å². The number of halogens is 1. The van der Waals surface area contributed by atoms with Crippen LogP contribution in [0, 0.1) is 0 Å². The van der Waals surface area contributed by atoms with Crippen molar-refractivity contribution in [1.29, 1.82) is 0 Å². The van der Waals surface area contributed by atoms with E-state index in [0.717, 1.165) is 4.88 Å². The van der Waals surface area contributed by atoms with Gasteiger partial charge in [-0.25, -0.2) is 4.68 Å². The summed E-state index contributed by atoms with van der Waals surface area (Å²) in [4.78, 5) is 12.7. The highest BCUT2D eigenvalue weighted by Crippen LogP contribution is 2.26. The number of hydrogen-bond acceptors (Lipinski definition) is 5. The third kappa shape index (κ3) is 3.24. The molecule has 2 aromatic rings. The van der Waals surface area contributed by atoms with E-state index >= 15 is 0 Å². The Labute approximate surface area is 107 Å². The van der Waals surface area contributed by atoms with Crippen molar-refractivity contribution in [3.8, 4) is 0 Å². The molecule has 2 aromatic heterocycles. The van der Waals surface area contributed by atoms with Gasteiger partial charge in [0, 0.05) is 4.88 Å². The number of rotatable bonds is 4. The maximum absolute atomic E-state index is 11.6.